The number of hydrogen-bond donors (Lipinski definition) is 0. The Kier molecular flexibility index (Phi) is 4.93. The van der Waals surface area contributed by atoms with Gasteiger partial charge in [0, 0.05) is 11.6 Å². The van der Waals surface area contributed by atoms with Crippen molar-refractivity contribution < 1.29 is 17.5 Å². The van der Waals surface area contributed by atoms with Crippen molar-refractivity contribution in [2.24, 2.45) is 0 Å². The molecule has 0 amide bonds. The predicted molar refractivity (Wildman–Crippen MR) is 84.6 cm³/mol. The van der Waals surface area contributed by atoms with Crippen molar-refractivity contribution in [1.29, 1.82) is 0 Å². The van der Waals surface area contributed by atoms with Gasteiger partial charge in [-0.05, 0) is 49.4 Å². The third-order valence-electron chi connectivity index (χ3n) is 3.11. The van der Waals surface area contributed by atoms with Crippen LogP contribution < -0.4 is 9.04 Å². The number of ether oxygens (including phenoxy) is 1. The predicted octanol–water partition coefficient (Wildman–Crippen LogP) is 3.70. The second-order valence-corrected chi connectivity index (χ2v) is 6.74. The molecule has 0 N–H and O–H groups in total. The first-order valence-corrected chi connectivity index (χ1v) is 8.33. The van der Waals surface area contributed by atoms with E-state index in [9.17, 15) is 12.8 Å². The van der Waals surface area contributed by atoms with Crippen molar-refractivity contribution in [1.82, 2.24) is 0 Å². The molecular formula is C15H15ClFNO3S. The van der Waals surface area contributed by atoms with Crippen molar-refractivity contribution in [3.63, 3.8) is 0 Å². The van der Waals surface area contributed by atoms with Crippen molar-refractivity contribution in [2.75, 3.05) is 18.0 Å². The number of anilines is 1. The largest absolute Gasteiger partial charge is 0.494 e. The summed E-state index contributed by atoms with van der Waals surface area (Å²) in [4.78, 5) is -0.136. The Morgan fingerprint density at radius 1 is 1.18 bits per heavy atom. The number of rotatable bonds is 5. The molecule has 0 aliphatic carbocycles. The zero-order chi connectivity index (χ0) is 16.3. The molecule has 0 saturated heterocycles. The fourth-order valence-electron chi connectivity index (χ4n) is 2.03. The van der Waals surface area contributed by atoms with Crippen molar-refractivity contribution in [3.05, 3.63) is 53.3 Å². The van der Waals surface area contributed by atoms with Gasteiger partial charge in [-0.2, -0.15) is 0 Å². The lowest BCUT2D eigenvalue weighted by molar-refractivity contribution is 0.385. The van der Waals surface area contributed by atoms with E-state index in [1.807, 2.05) is 0 Å². The fourth-order valence-corrected chi connectivity index (χ4v) is 3.65. The molecular weight excluding hydrogens is 329 g/mol. The van der Waals surface area contributed by atoms with Crippen molar-refractivity contribution in [3.8, 4) is 5.75 Å². The van der Waals surface area contributed by atoms with Crippen molar-refractivity contribution >= 4 is 27.3 Å². The smallest absolute Gasteiger partial charge is 0.264 e. The summed E-state index contributed by atoms with van der Waals surface area (Å²) in [5, 5.41) is 0.507. The lowest BCUT2D eigenvalue weighted by Gasteiger charge is -2.23. The van der Waals surface area contributed by atoms with Gasteiger partial charge in [0.25, 0.3) is 10.0 Å². The van der Waals surface area contributed by atoms with E-state index in [-0.39, 0.29) is 17.2 Å². The molecule has 0 fully saturated rings. The summed E-state index contributed by atoms with van der Waals surface area (Å²) in [5.74, 6) is -0.732. The number of nitrogens with zero attached hydrogens (tertiary/aromatic N) is 1. The molecule has 0 radical (unpaired) electrons. The minimum absolute atomic E-state index is 0.00603. The topological polar surface area (TPSA) is 46.6 Å². The standard InChI is InChI=1S/C15H15ClFNO3S/c1-3-18(12-6-4-11(16)5-7-12)22(19,20)13-8-9-15(21-2)14(17)10-13/h4-10H,3H2,1-2H3. The molecule has 2 rings (SSSR count). The minimum Gasteiger partial charge on any atom is -0.494 e. The van der Waals surface area contributed by atoms with Crippen LogP contribution in [-0.2, 0) is 10.0 Å². The zero-order valence-corrected chi connectivity index (χ0v) is 13.7. The van der Waals surface area contributed by atoms with E-state index in [0.717, 1.165) is 6.07 Å². The van der Waals surface area contributed by atoms with Gasteiger partial charge in [-0.25, -0.2) is 12.8 Å². The van der Waals surface area contributed by atoms with Gasteiger partial charge in [0.15, 0.2) is 11.6 Å². The van der Waals surface area contributed by atoms with Crippen molar-refractivity contribution in [2.45, 2.75) is 11.8 Å². The van der Waals surface area contributed by atoms with Gasteiger partial charge in [0.2, 0.25) is 0 Å². The van der Waals surface area contributed by atoms with Gasteiger partial charge in [-0.3, -0.25) is 4.31 Å². The van der Waals surface area contributed by atoms with Gasteiger partial charge in [-0.1, -0.05) is 11.6 Å². The zero-order valence-electron chi connectivity index (χ0n) is 12.1. The summed E-state index contributed by atoms with van der Waals surface area (Å²) >= 11 is 5.81. The molecule has 0 heterocycles. The Balaban J connectivity index is 2.47. The monoisotopic (exact) mass is 343 g/mol. The molecule has 0 atom stereocenters. The normalized spacial score (nSPS) is 11.3. The van der Waals surface area contributed by atoms with Crippen LogP contribution in [0.2, 0.25) is 5.02 Å². The Labute approximate surface area is 134 Å². The van der Waals surface area contributed by atoms with E-state index in [4.69, 9.17) is 16.3 Å². The maximum atomic E-state index is 13.8. The van der Waals surface area contributed by atoms with E-state index in [1.165, 1.54) is 23.5 Å². The van der Waals surface area contributed by atoms with Crippen LogP contribution in [0, 0.1) is 5.82 Å². The molecule has 0 bridgehead atoms. The minimum atomic E-state index is -3.87. The van der Waals surface area contributed by atoms with E-state index in [2.05, 4.69) is 0 Å². The molecule has 0 aliphatic heterocycles. The summed E-state index contributed by atoms with van der Waals surface area (Å²) in [6, 6.07) is 9.96. The highest BCUT2D eigenvalue weighted by molar-refractivity contribution is 7.92. The maximum absolute atomic E-state index is 13.8. The van der Waals surface area contributed by atoms with Gasteiger partial charge in [0.1, 0.15) is 0 Å². The average Bonchev–Trinajstić information content (AvgIpc) is 2.49. The van der Waals surface area contributed by atoms with Gasteiger partial charge < -0.3 is 4.74 Å². The van der Waals surface area contributed by atoms with E-state index in [0.29, 0.717) is 10.7 Å². The number of methoxy groups -OCH3 is 1. The average molecular weight is 344 g/mol. The number of sulfonamides is 1. The van der Waals surface area contributed by atoms with Gasteiger partial charge >= 0.3 is 0 Å². The molecule has 0 aliphatic rings. The first kappa shape index (κ1) is 16.6. The van der Waals surface area contributed by atoms with Crippen LogP contribution in [0.3, 0.4) is 0 Å². The summed E-state index contributed by atoms with van der Waals surface area (Å²) < 4.78 is 45.1. The summed E-state index contributed by atoms with van der Waals surface area (Å²) in [6.45, 7) is 1.91. The lowest BCUT2D eigenvalue weighted by Crippen LogP contribution is -2.30. The molecule has 0 spiro atoms. The summed E-state index contributed by atoms with van der Waals surface area (Å²) in [6.07, 6.45) is 0. The summed E-state index contributed by atoms with van der Waals surface area (Å²) in [7, 11) is -2.55. The Morgan fingerprint density at radius 2 is 1.82 bits per heavy atom. The third kappa shape index (κ3) is 3.18. The van der Waals surface area contributed by atoms with E-state index < -0.39 is 15.8 Å². The van der Waals surface area contributed by atoms with Gasteiger partial charge in [-0.15, -0.1) is 0 Å². The quantitative estimate of drug-likeness (QED) is 0.831. The second kappa shape index (κ2) is 6.54. The Morgan fingerprint density at radius 3 is 2.32 bits per heavy atom. The third-order valence-corrected chi connectivity index (χ3v) is 5.26. The molecule has 118 valence electrons. The van der Waals surface area contributed by atoms with Crippen LogP contribution in [0.15, 0.2) is 47.4 Å². The van der Waals surface area contributed by atoms with E-state index in [1.54, 1.807) is 31.2 Å². The number of halogens is 2. The van der Waals surface area contributed by atoms with Crippen LogP contribution in [0.4, 0.5) is 10.1 Å². The molecule has 0 unspecified atom stereocenters. The Hall–Kier alpha value is -1.79. The summed E-state index contributed by atoms with van der Waals surface area (Å²) in [5.41, 5.74) is 0.461. The molecule has 7 heteroatoms. The number of hydrogen-bond acceptors (Lipinski definition) is 3. The molecule has 4 nitrogen and oxygen atoms in total. The van der Waals surface area contributed by atoms with Crippen LogP contribution >= 0.6 is 11.6 Å². The van der Waals surface area contributed by atoms with Crippen LogP contribution in [0.25, 0.3) is 0 Å². The van der Waals surface area contributed by atoms with Crippen LogP contribution in [-0.4, -0.2) is 22.1 Å². The maximum Gasteiger partial charge on any atom is 0.264 e. The second-order valence-electron chi connectivity index (χ2n) is 4.44. The SMILES string of the molecule is CCN(c1ccc(Cl)cc1)S(=O)(=O)c1ccc(OC)c(F)c1. The molecule has 0 saturated carbocycles. The first-order chi connectivity index (χ1) is 10.4. The van der Waals surface area contributed by atoms with Crippen LogP contribution in [0.1, 0.15) is 6.92 Å². The highest BCUT2D eigenvalue weighted by atomic mass is 35.5. The fraction of sp³-hybridized carbons (Fsp3) is 0.200. The Bertz CT molecular complexity index is 763. The molecule has 2 aromatic rings. The molecule has 2 aromatic carbocycles. The van der Waals surface area contributed by atoms with Crippen LogP contribution in [0.5, 0.6) is 5.75 Å². The number of benzene rings is 2. The molecule has 0 aromatic heterocycles. The first-order valence-electron chi connectivity index (χ1n) is 6.52. The lowest BCUT2D eigenvalue weighted by atomic mass is 10.3. The highest BCUT2D eigenvalue weighted by Gasteiger charge is 2.24. The van der Waals surface area contributed by atoms with E-state index >= 15 is 0 Å². The molecule has 22 heavy (non-hydrogen) atoms. The van der Waals surface area contributed by atoms with Gasteiger partial charge in [0.05, 0.1) is 17.7 Å². The highest BCUT2D eigenvalue weighted by Crippen LogP contribution is 2.27.